The monoisotopic (exact) mass is 432 g/mol. The first kappa shape index (κ1) is 18.8. The van der Waals surface area contributed by atoms with Crippen LogP contribution < -0.4 is 10.6 Å². The average molecular weight is 433 g/mol. The SMILES string of the molecule is CN=C(NCCc1cccc(Cl)c1)NCc1ccn(C)c1.I. The Morgan fingerprint density at radius 1 is 1.23 bits per heavy atom. The van der Waals surface area contributed by atoms with Gasteiger partial charge in [-0.15, -0.1) is 24.0 Å². The summed E-state index contributed by atoms with van der Waals surface area (Å²) in [5.41, 5.74) is 2.45. The van der Waals surface area contributed by atoms with Gasteiger partial charge in [-0.2, -0.15) is 0 Å². The van der Waals surface area contributed by atoms with E-state index in [1.165, 1.54) is 11.1 Å². The lowest BCUT2D eigenvalue weighted by molar-refractivity contribution is 0.792. The van der Waals surface area contributed by atoms with Crippen molar-refractivity contribution >= 4 is 41.5 Å². The molecule has 0 aliphatic heterocycles. The summed E-state index contributed by atoms with van der Waals surface area (Å²) in [6.07, 6.45) is 5.03. The molecule has 0 fully saturated rings. The van der Waals surface area contributed by atoms with E-state index in [1.807, 2.05) is 36.0 Å². The summed E-state index contributed by atoms with van der Waals surface area (Å²) in [4.78, 5) is 4.22. The molecule has 22 heavy (non-hydrogen) atoms. The van der Waals surface area contributed by atoms with Crippen LogP contribution in [-0.2, 0) is 20.0 Å². The predicted octanol–water partition coefficient (Wildman–Crippen LogP) is 3.20. The number of nitrogens with one attached hydrogen (secondary N) is 2. The number of nitrogens with zero attached hydrogens (tertiary/aromatic N) is 2. The molecule has 0 radical (unpaired) electrons. The molecule has 0 saturated carbocycles. The van der Waals surface area contributed by atoms with E-state index in [4.69, 9.17) is 11.6 Å². The third-order valence-corrected chi connectivity index (χ3v) is 3.41. The molecule has 2 rings (SSSR count). The fourth-order valence-electron chi connectivity index (χ4n) is 2.09. The summed E-state index contributed by atoms with van der Waals surface area (Å²) in [7, 11) is 3.79. The van der Waals surface area contributed by atoms with Gasteiger partial charge in [0.05, 0.1) is 0 Å². The van der Waals surface area contributed by atoms with Gasteiger partial charge in [0.1, 0.15) is 0 Å². The van der Waals surface area contributed by atoms with Crippen LogP contribution in [0.3, 0.4) is 0 Å². The van der Waals surface area contributed by atoms with E-state index in [1.54, 1.807) is 7.05 Å². The van der Waals surface area contributed by atoms with Gasteiger partial charge in [0.2, 0.25) is 0 Å². The molecule has 4 nitrogen and oxygen atoms in total. The second-order valence-corrected chi connectivity index (χ2v) is 5.35. The second kappa shape index (κ2) is 9.74. The Hall–Kier alpha value is -1.21. The molecule has 6 heteroatoms. The zero-order chi connectivity index (χ0) is 15.1. The van der Waals surface area contributed by atoms with E-state index in [-0.39, 0.29) is 24.0 Å². The highest BCUT2D eigenvalue weighted by Gasteiger charge is 2.00. The molecule has 0 unspecified atom stereocenters. The van der Waals surface area contributed by atoms with Crippen molar-refractivity contribution in [1.29, 1.82) is 0 Å². The van der Waals surface area contributed by atoms with Crippen LogP contribution in [0, 0.1) is 0 Å². The van der Waals surface area contributed by atoms with Gasteiger partial charge in [0.25, 0.3) is 0 Å². The standard InChI is InChI=1S/C16H21ClN4.HI/c1-18-16(20-11-14-7-9-21(2)12-14)19-8-6-13-4-3-5-15(17)10-13;/h3-5,7,9-10,12H,6,8,11H2,1-2H3,(H2,18,19,20);1H. The van der Waals surface area contributed by atoms with Gasteiger partial charge in [0.15, 0.2) is 5.96 Å². The van der Waals surface area contributed by atoms with Gasteiger partial charge >= 0.3 is 0 Å². The number of benzene rings is 1. The first-order chi connectivity index (χ1) is 10.2. The molecule has 0 spiro atoms. The number of hydrogen-bond acceptors (Lipinski definition) is 1. The van der Waals surface area contributed by atoms with Crippen LogP contribution in [0.4, 0.5) is 0 Å². The molecule has 0 bridgehead atoms. The van der Waals surface area contributed by atoms with E-state index < -0.39 is 0 Å². The maximum atomic E-state index is 5.97. The minimum atomic E-state index is 0. The van der Waals surface area contributed by atoms with Crippen molar-refractivity contribution in [3.05, 3.63) is 58.9 Å². The van der Waals surface area contributed by atoms with Crippen LogP contribution in [0.2, 0.25) is 5.02 Å². The number of rotatable bonds is 5. The molecule has 0 amide bonds. The number of aliphatic imine (C=N–C) groups is 1. The van der Waals surface area contributed by atoms with Crippen molar-refractivity contribution in [2.75, 3.05) is 13.6 Å². The zero-order valence-electron chi connectivity index (χ0n) is 12.8. The topological polar surface area (TPSA) is 41.4 Å². The summed E-state index contributed by atoms with van der Waals surface area (Å²) in [6, 6.07) is 10.0. The minimum Gasteiger partial charge on any atom is -0.357 e. The third-order valence-electron chi connectivity index (χ3n) is 3.17. The second-order valence-electron chi connectivity index (χ2n) is 4.92. The molecule has 2 N–H and O–H groups in total. The van der Waals surface area contributed by atoms with Crippen LogP contribution in [0.1, 0.15) is 11.1 Å². The largest absolute Gasteiger partial charge is 0.357 e. The Labute approximate surface area is 154 Å². The quantitative estimate of drug-likeness (QED) is 0.433. The first-order valence-corrected chi connectivity index (χ1v) is 7.35. The molecule has 0 aliphatic carbocycles. The number of halogens is 2. The third kappa shape index (κ3) is 6.27. The zero-order valence-corrected chi connectivity index (χ0v) is 15.9. The lowest BCUT2D eigenvalue weighted by Crippen LogP contribution is -2.37. The van der Waals surface area contributed by atoms with Crippen molar-refractivity contribution in [2.24, 2.45) is 12.0 Å². The van der Waals surface area contributed by atoms with Crippen molar-refractivity contribution in [2.45, 2.75) is 13.0 Å². The first-order valence-electron chi connectivity index (χ1n) is 6.97. The van der Waals surface area contributed by atoms with Gasteiger partial charge in [0, 0.05) is 44.6 Å². The lowest BCUT2D eigenvalue weighted by Gasteiger charge is -2.11. The van der Waals surface area contributed by atoms with Crippen LogP contribution >= 0.6 is 35.6 Å². The van der Waals surface area contributed by atoms with E-state index in [0.717, 1.165) is 30.5 Å². The number of hydrogen-bond donors (Lipinski definition) is 2. The molecule has 1 aromatic carbocycles. The van der Waals surface area contributed by atoms with Gasteiger partial charge in [-0.3, -0.25) is 4.99 Å². The highest BCUT2D eigenvalue weighted by atomic mass is 127. The van der Waals surface area contributed by atoms with Gasteiger partial charge in [-0.25, -0.2) is 0 Å². The Morgan fingerprint density at radius 2 is 2.05 bits per heavy atom. The molecule has 0 saturated heterocycles. The van der Waals surface area contributed by atoms with Gasteiger partial charge < -0.3 is 15.2 Å². The van der Waals surface area contributed by atoms with Crippen LogP contribution in [-0.4, -0.2) is 24.1 Å². The highest BCUT2D eigenvalue weighted by molar-refractivity contribution is 14.0. The molecule has 120 valence electrons. The average Bonchev–Trinajstić information content (AvgIpc) is 2.88. The maximum absolute atomic E-state index is 5.97. The molecule has 0 atom stereocenters. The molecule has 2 aromatic rings. The van der Waals surface area contributed by atoms with Crippen LogP contribution in [0.5, 0.6) is 0 Å². The highest BCUT2D eigenvalue weighted by Crippen LogP contribution is 2.10. The Morgan fingerprint density at radius 3 is 2.68 bits per heavy atom. The predicted molar refractivity (Wildman–Crippen MR) is 104 cm³/mol. The molecule has 1 heterocycles. The fraction of sp³-hybridized carbons (Fsp3) is 0.312. The normalized spacial score (nSPS) is 11.0. The fourth-order valence-corrected chi connectivity index (χ4v) is 2.30. The molecular formula is C16H22ClIN4. The smallest absolute Gasteiger partial charge is 0.191 e. The van der Waals surface area contributed by atoms with E-state index in [2.05, 4.69) is 34.0 Å². The minimum absolute atomic E-state index is 0. The molecule has 1 aromatic heterocycles. The van der Waals surface area contributed by atoms with Crippen molar-refractivity contribution < 1.29 is 0 Å². The van der Waals surface area contributed by atoms with Crippen molar-refractivity contribution in [3.8, 4) is 0 Å². The summed E-state index contributed by atoms with van der Waals surface area (Å²) in [5, 5.41) is 7.38. The summed E-state index contributed by atoms with van der Waals surface area (Å²) in [6.45, 7) is 1.58. The molecule has 0 aliphatic rings. The van der Waals surface area contributed by atoms with Crippen LogP contribution in [0.25, 0.3) is 0 Å². The lowest BCUT2D eigenvalue weighted by atomic mass is 10.1. The summed E-state index contributed by atoms with van der Waals surface area (Å²) < 4.78 is 2.03. The van der Waals surface area contributed by atoms with Crippen molar-refractivity contribution in [3.63, 3.8) is 0 Å². The summed E-state index contributed by atoms with van der Waals surface area (Å²) >= 11 is 5.97. The summed E-state index contributed by atoms with van der Waals surface area (Å²) in [5.74, 6) is 0.806. The number of aromatic nitrogens is 1. The number of guanidine groups is 1. The van der Waals surface area contributed by atoms with Crippen molar-refractivity contribution in [1.82, 2.24) is 15.2 Å². The van der Waals surface area contributed by atoms with E-state index in [0.29, 0.717) is 0 Å². The Kier molecular flexibility index (Phi) is 8.34. The number of aryl methyl sites for hydroxylation is 1. The maximum Gasteiger partial charge on any atom is 0.191 e. The Bertz CT molecular complexity index is 610. The van der Waals surface area contributed by atoms with Gasteiger partial charge in [-0.1, -0.05) is 23.7 Å². The van der Waals surface area contributed by atoms with E-state index in [9.17, 15) is 0 Å². The molecular weight excluding hydrogens is 411 g/mol. The van der Waals surface area contributed by atoms with Crippen LogP contribution in [0.15, 0.2) is 47.7 Å². The Balaban J connectivity index is 0.00000242. The van der Waals surface area contributed by atoms with E-state index >= 15 is 0 Å². The van der Waals surface area contributed by atoms with Gasteiger partial charge in [-0.05, 0) is 35.7 Å².